The van der Waals surface area contributed by atoms with Crippen LogP contribution in [-0.4, -0.2) is 25.7 Å². The molecule has 0 bridgehead atoms. The number of aromatic hydroxyl groups is 1. The molecule has 3 aromatic rings. The van der Waals surface area contributed by atoms with Crippen molar-refractivity contribution in [2.75, 3.05) is 0 Å². The quantitative estimate of drug-likeness (QED) is 0.520. The van der Waals surface area contributed by atoms with E-state index in [1.165, 1.54) is 0 Å². The predicted octanol–water partition coefficient (Wildman–Crippen LogP) is 2.56. The molecule has 29 heavy (non-hydrogen) atoms. The number of carbonyl (C=O) groups excluding carboxylic acids is 1. The normalized spacial score (nSPS) is 17.0. The van der Waals surface area contributed by atoms with Gasteiger partial charge in [0.15, 0.2) is 6.10 Å². The second-order valence-corrected chi connectivity index (χ2v) is 7.59. The summed E-state index contributed by atoms with van der Waals surface area (Å²) >= 11 is 0. The van der Waals surface area contributed by atoms with E-state index < -0.39 is 12.1 Å². The summed E-state index contributed by atoms with van der Waals surface area (Å²) in [5, 5.41) is 21.1. The van der Waals surface area contributed by atoms with Crippen LogP contribution in [0.5, 0.6) is 5.75 Å². The van der Waals surface area contributed by atoms with Crippen LogP contribution in [0.1, 0.15) is 48.1 Å². The van der Waals surface area contributed by atoms with E-state index in [1.54, 1.807) is 28.8 Å². The second kappa shape index (κ2) is 6.42. The summed E-state index contributed by atoms with van der Waals surface area (Å²) in [6.07, 6.45) is 1.35. The van der Waals surface area contributed by atoms with Crippen molar-refractivity contribution in [1.82, 2.24) is 9.55 Å². The molecule has 7 nitrogen and oxygen atoms in total. The Hall–Kier alpha value is -3.19. The zero-order valence-electron chi connectivity index (χ0n) is 15.9. The van der Waals surface area contributed by atoms with Gasteiger partial charge in [0.05, 0.1) is 29.0 Å². The summed E-state index contributed by atoms with van der Waals surface area (Å²) in [6.45, 7) is 2.36. The van der Waals surface area contributed by atoms with Gasteiger partial charge in [-0.3, -0.25) is 4.79 Å². The van der Waals surface area contributed by atoms with Gasteiger partial charge < -0.3 is 19.5 Å². The Labute approximate surface area is 166 Å². The molecule has 2 N–H and O–H groups in total. The number of fused-ring (bicyclic) bond motifs is 5. The molecule has 2 aliphatic rings. The fraction of sp³-hybridized carbons (Fsp3) is 0.318. The molecule has 5 rings (SSSR count). The number of phenolic OH excluding ortho intramolecular Hbond substituents is 1. The van der Waals surface area contributed by atoms with Crippen molar-refractivity contribution in [2.24, 2.45) is 0 Å². The molecule has 0 saturated heterocycles. The number of nitrogens with zero attached hydrogens (tertiary/aromatic N) is 2. The molecular weight excluding hydrogens is 372 g/mol. The van der Waals surface area contributed by atoms with Crippen molar-refractivity contribution in [2.45, 2.75) is 45.4 Å². The highest BCUT2D eigenvalue weighted by Gasteiger charge is 2.34. The van der Waals surface area contributed by atoms with Gasteiger partial charge in [0.2, 0.25) is 0 Å². The number of aromatic nitrogens is 2. The molecule has 0 amide bonds. The average molecular weight is 392 g/mol. The van der Waals surface area contributed by atoms with Gasteiger partial charge in [-0.05, 0) is 42.7 Å². The third-order valence-corrected chi connectivity index (χ3v) is 5.84. The van der Waals surface area contributed by atoms with Crippen LogP contribution in [0.25, 0.3) is 22.3 Å². The molecule has 0 fully saturated rings. The molecule has 0 spiro atoms. The van der Waals surface area contributed by atoms with Crippen LogP contribution in [0.3, 0.4) is 0 Å². The summed E-state index contributed by atoms with van der Waals surface area (Å²) in [5.74, 6) is -0.565. The Morgan fingerprint density at radius 3 is 2.86 bits per heavy atom. The zero-order valence-corrected chi connectivity index (χ0v) is 15.9. The van der Waals surface area contributed by atoms with Crippen LogP contribution in [-0.2, 0) is 29.1 Å². The highest BCUT2D eigenvalue weighted by molar-refractivity contribution is 5.89. The first kappa shape index (κ1) is 17.9. The first-order chi connectivity index (χ1) is 14.0. The summed E-state index contributed by atoms with van der Waals surface area (Å²) < 4.78 is 6.58. The van der Waals surface area contributed by atoms with Crippen molar-refractivity contribution < 1.29 is 19.7 Å². The number of esters is 1. The fourth-order valence-corrected chi connectivity index (χ4v) is 4.34. The number of phenols is 1. The van der Waals surface area contributed by atoms with Gasteiger partial charge in [0.1, 0.15) is 12.4 Å². The van der Waals surface area contributed by atoms with Crippen LogP contribution in [0, 0.1) is 0 Å². The predicted molar refractivity (Wildman–Crippen MR) is 106 cm³/mol. The highest BCUT2D eigenvalue weighted by atomic mass is 16.5. The Bertz CT molecular complexity index is 1240. The van der Waals surface area contributed by atoms with Crippen LogP contribution in [0.15, 0.2) is 29.1 Å². The lowest BCUT2D eigenvalue weighted by Gasteiger charge is -2.21. The van der Waals surface area contributed by atoms with Gasteiger partial charge in [-0.25, -0.2) is 9.78 Å². The molecule has 2 aliphatic heterocycles. The number of benzene rings is 1. The standard InChI is InChI=1S/C22H20N2O5/c1-2-3-4-12-13-7-11(25)5-6-17(13)23-19-15(12)9-24-18(19)8-14-16(21(24)27)10-29-22(28)20(14)26/h5-8,20,25-26H,2-4,9-10H2,1H3. The van der Waals surface area contributed by atoms with E-state index >= 15 is 0 Å². The molecule has 1 unspecified atom stereocenters. The fourth-order valence-electron chi connectivity index (χ4n) is 4.34. The van der Waals surface area contributed by atoms with Gasteiger partial charge in [0, 0.05) is 16.5 Å². The number of aliphatic hydroxyl groups is 1. The van der Waals surface area contributed by atoms with Crippen molar-refractivity contribution in [3.05, 3.63) is 56.9 Å². The number of aliphatic hydroxyl groups excluding tert-OH is 1. The number of carbonyl (C=O) groups is 1. The Balaban J connectivity index is 1.79. The largest absolute Gasteiger partial charge is 0.508 e. The average Bonchev–Trinajstić information content (AvgIpc) is 3.07. The SMILES string of the molecule is CCCCc1c2c(nc3ccc(O)cc13)-c1cc3c(c(=O)n1C2)COC(=O)C3O. The van der Waals surface area contributed by atoms with Crippen molar-refractivity contribution in [1.29, 1.82) is 0 Å². The highest BCUT2D eigenvalue weighted by Crippen LogP contribution is 2.38. The molecule has 148 valence electrons. The molecule has 0 radical (unpaired) electrons. The van der Waals surface area contributed by atoms with Gasteiger partial charge >= 0.3 is 5.97 Å². The van der Waals surface area contributed by atoms with Gasteiger partial charge in [-0.15, -0.1) is 0 Å². The van der Waals surface area contributed by atoms with Crippen LogP contribution in [0.4, 0.5) is 0 Å². The van der Waals surface area contributed by atoms with E-state index in [-0.39, 0.29) is 17.9 Å². The van der Waals surface area contributed by atoms with E-state index in [9.17, 15) is 19.8 Å². The summed E-state index contributed by atoms with van der Waals surface area (Å²) in [4.78, 5) is 29.6. The molecule has 1 aromatic carbocycles. The lowest BCUT2D eigenvalue weighted by atomic mass is 9.95. The second-order valence-electron chi connectivity index (χ2n) is 7.59. The number of hydrogen-bond donors (Lipinski definition) is 2. The van der Waals surface area contributed by atoms with E-state index in [0.29, 0.717) is 29.1 Å². The molecular formula is C22H20N2O5. The third kappa shape index (κ3) is 2.57. The van der Waals surface area contributed by atoms with Crippen LogP contribution in [0.2, 0.25) is 0 Å². The smallest absolute Gasteiger partial charge is 0.340 e. The Morgan fingerprint density at radius 2 is 2.07 bits per heavy atom. The van der Waals surface area contributed by atoms with Gasteiger partial charge in [-0.2, -0.15) is 0 Å². The Morgan fingerprint density at radius 1 is 1.24 bits per heavy atom. The maximum atomic E-state index is 13.1. The zero-order chi connectivity index (χ0) is 20.3. The van der Waals surface area contributed by atoms with Crippen LogP contribution < -0.4 is 5.56 Å². The lowest BCUT2D eigenvalue weighted by Crippen LogP contribution is -2.32. The van der Waals surface area contributed by atoms with E-state index in [2.05, 4.69) is 6.92 Å². The minimum atomic E-state index is -1.46. The summed E-state index contributed by atoms with van der Waals surface area (Å²) in [6, 6.07) is 6.78. The molecule has 0 aliphatic carbocycles. The molecule has 7 heteroatoms. The number of pyridine rings is 2. The number of hydrogen-bond acceptors (Lipinski definition) is 6. The number of cyclic esters (lactones) is 1. The number of ether oxygens (including phenoxy) is 1. The maximum Gasteiger partial charge on any atom is 0.340 e. The van der Waals surface area contributed by atoms with Crippen molar-refractivity contribution in [3.63, 3.8) is 0 Å². The summed E-state index contributed by atoms with van der Waals surface area (Å²) in [5.41, 5.74) is 4.42. The minimum absolute atomic E-state index is 0.132. The van der Waals surface area contributed by atoms with Crippen molar-refractivity contribution >= 4 is 16.9 Å². The third-order valence-electron chi connectivity index (χ3n) is 5.84. The van der Waals surface area contributed by atoms with E-state index in [0.717, 1.165) is 41.3 Å². The first-order valence-corrected chi connectivity index (χ1v) is 9.75. The number of unbranched alkanes of at least 4 members (excludes halogenated alkanes) is 1. The molecule has 0 saturated carbocycles. The molecule has 2 aromatic heterocycles. The summed E-state index contributed by atoms with van der Waals surface area (Å²) in [7, 11) is 0. The molecule has 4 heterocycles. The van der Waals surface area contributed by atoms with Crippen molar-refractivity contribution in [3.8, 4) is 17.1 Å². The first-order valence-electron chi connectivity index (χ1n) is 9.75. The maximum absolute atomic E-state index is 13.1. The lowest BCUT2D eigenvalue weighted by molar-refractivity contribution is -0.157. The minimum Gasteiger partial charge on any atom is -0.508 e. The Kier molecular flexibility index (Phi) is 3.96. The van der Waals surface area contributed by atoms with Gasteiger partial charge in [0.25, 0.3) is 5.56 Å². The molecule has 1 atom stereocenters. The topological polar surface area (TPSA) is 102 Å². The van der Waals surface area contributed by atoms with E-state index in [4.69, 9.17) is 9.72 Å². The van der Waals surface area contributed by atoms with Gasteiger partial charge in [-0.1, -0.05) is 13.3 Å². The van der Waals surface area contributed by atoms with Crippen LogP contribution >= 0.6 is 0 Å². The monoisotopic (exact) mass is 392 g/mol. The number of rotatable bonds is 3. The van der Waals surface area contributed by atoms with E-state index in [1.807, 2.05) is 0 Å². The number of aryl methyl sites for hydroxylation is 1.